The van der Waals surface area contributed by atoms with Crippen LogP contribution in [0.4, 0.5) is 0 Å². The Balaban J connectivity index is 2.30. The highest BCUT2D eigenvalue weighted by Crippen LogP contribution is 2.58. The predicted molar refractivity (Wildman–Crippen MR) is 132 cm³/mol. The Morgan fingerprint density at radius 1 is 0.806 bits per heavy atom. The summed E-state index contributed by atoms with van der Waals surface area (Å²) in [6.45, 7) is 3.45. The number of phenols is 2. The molecule has 4 rings (SSSR count). The van der Waals surface area contributed by atoms with Crippen LogP contribution in [-0.2, 0) is 14.9 Å². The molecule has 0 aromatic heterocycles. The van der Waals surface area contributed by atoms with E-state index >= 15 is 0 Å². The van der Waals surface area contributed by atoms with Crippen LogP contribution in [0.2, 0.25) is 0 Å². The molecule has 0 amide bonds. The zero-order valence-electron chi connectivity index (χ0n) is 16.0. The Kier molecular flexibility index (Phi) is 5.78. The number of halogens is 4. The first-order valence-electron chi connectivity index (χ1n) is 8.84. The SMILES string of the molecule is Cc1c(C2(c3cc(Br)c(O)c(Br)c3C)c3ccccc3OS2(=O)=O)cc(Br)c(O)c1Br. The van der Waals surface area contributed by atoms with Gasteiger partial charge in [0.1, 0.15) is 17.2 Å². The van der Waals surface area contributed by atoms with Gasteiger partial charge in [0.25, 0.3) is 0 Å². The molecule has 3 aromatic rings. The molecule has 0 atom stereocenters. The summed E-state index contributed by atoms with van der Waals surface area (Å²) < 4.78 is 32.9. The van der Waals surface area contributed by atoms with E-state index in [1.807, 2.05) is 0 Å². The van der Waals surface area contributed by atoms with Crippen LogP contribution in [0.25, 0.3) is 0 Å². The summed E-state index contributed by atoms with van der Waals surface area (Å²) in [6, 6.07) is 9.95. The average molecular weight is 698 g/mol. The van der Waals surface area contributed by atoms with Crippen molar-refractivity contribution in [2.45, 2.75) is 18.6 Å². The molecule has 0 saturated carbocycles. The maximum Gasteiger partial charge on any atom is 0.328 e. The molecule has 0 saturated heterocycles. The molecule has 0 unspecified atom stereocenters. The van der Waals surface area contributed by atoms with E-state index in [0.29, 0.717) is 45.7 Å². The molecule has 3 aromatic carbocycles. The minimum absolute atomic E-state index is 0.0363. The highest BCUT2D eigenvalue weighted by molar-refractivity contribution is 9.11. The predicted octanol–water partition coefficient (Wildman–Crippen LogP) is 6.78. The van der Waals surface area contributed by atoms with Gasteiger partial charge in [-0.15, -0.1) is 0 Å². The van der Waals surface area contributed by atoms with E-state index in [9.17, 15) is 18.6 Å². The molecule has 1 aliphatic rings. The molecule has 1 aliphatic heterocycles. The smallest absolute Gasteiger partial charge is 0.328 e. The number of hydrogen-bond donors (Lipinski definition) is 2. The van der Waals surface area contributed by atoms with E-state index in [2.05, 4.69) is 63.7 Å². The van der Waals surface area contributed by atoms with Crippen molar-refractivity contribution >= 4 is 73.8 Å². The Morgan fingerprint density at radius 3 is 1.74 bits per heavy atom. The number of aromatic hydroxyl groups is 2. The normalized spacial score (nSPS) is 16.1. The summed E-state index contributed by atoms with van der Waals surface area (Å²) in [5.74, 6) is 0.151. The number of benzene rings is 3. The van der Waals surface area contributed by atoms with Crippen LogP contribution in [0.15, 0.2) is 54.3 Å². The first kappa shape index (κ1) is 23.1. The van der Waals surface area contributed by atoms with Crippen molar-refractivity contribution in [2.24, 2.45) is 0 Å². The Hall–Kier alpha value is -1.07. The first-order chi connectivity index (χ1) is 14.4. The second-order valence-corrected chi connectivity index (χ2v) is 12.1. The van der Waals surface area contributed by atoms with Crippen molar-refractivity contribution in [1.29, 1.82) is 0 Å². The lowest BCUT2D eigenvalue weighted by atomic mass is 9.79. The van der Waals surface area contributed by atoms with Gasteiger partial charge in [-0.1, -0.05) is 18.2 Å². The summed E-state index contributed by atoms with van der Waals surface area (Å²) in [7, 11) is -4.30. The zero-order valence-corrected chi connectivity index (χ0v) is 23.2. The molecule has 0 bridgehead atoms. The maximum absolute atomic E-state index is 13.9. The van der Waals surface area contributed by atoms with Crippen molar-refractivity contribution in [3.63, 3.8) is 0 Å². The highest BCUT2D eigenvalue weighted by Gasteiger charge is 2.58. The van der Waals surface area contributed by atoms with Crippen LogP contribution in [0, 0.1) is 13.8 Å². The average Bonchev–Trinajstić information content (AvgIpc) is 2.97. The van der Waals surface area contributed by atoms with Crippen LogP contribution in [0.1, 0.15) is 27.8 Å². The van der Waals surface area contributed by atoms with Crippen LogP contribution in [-0.4, -0.2) is 18.6 Å². The van der Waals surface area contributed by atoms with Gasteiger partial charge >= 0.3 is 10.1 Å². The van der Waals surface area contributed by atoms with E-state index in [-0.39, 0.29) is 17.2 Å². The van der Waals surface area contributed by atoms with Gasteiger partial charge in [0.05, 0.1) is 17.9 Å². The number of para-hydroxylation sites is 1. The standard InChI is InChI=1S/C21H14Br4O5S/c1-9-12(7-14(22)19(26)17(9)24)21(13-8-15(23)20(27)18(25)10(13)2)11-5-3-4-6-16(11)30-31(21,28)29/h3-8,26-27H,1-2H3. The minimum atomic E-state index is -4.30. The number of rotatable bonds is 2. The quantitative estimate of drug-likeness (QED) is 0.289. The van der Waals surface area contributed by atoms with Crippen molar-refractivity contribution in [1.82, 2.24) is 0 Å². The highest BCUT2D eigenvalue weighted by atomic mass is 79.9. The van der Waals surface area contributed by atoms with Crippen molar-refractivity contribution in [3.8, 4) is 17.2 Å². The molecular formula is C21H14Br4O5S. The number of phenolic OH excluding ortho intramolecular Hbond substituents is 2. The minimum Gasteiger partial charge on any atom is -0.506 e. The number of fused-ring (bicyclic) bond motifs is 1. The lowest BCUT2D eigenvalue weighted by Crippen LogP contribution is -2.38. The molecule has 0 radical (unpaired) electrons. The third kappa shape index (κ3) is 3.13. The molecule has 1 heterocycles. The third-order valence-electron chi connectivity index (χ3n) is 5.48. The van der Waals surface area contributed by atoms with Gasteiger partial charge < -0.3 is 14.4 Å². The Morgan fingerprint density at radius 2 is 1.26 bits per heavy atom. The van der Waals surface area contributed by atoms with Gasteiger partial charge in [0.15, 0.2) is 4.75 Å². The molecule has 0 aliphatic carbocycles. The first-order valence-corrected chi connectivity index (χ1v) is 13.4. The number of hydrogen-bond acceptors (Lipinski definition) is 5. The summed E-state index contributed by atoms with van der Waals surface area (Å²) >= 11 is 13.4. The zero-order chi connectivity index (χ0) is 22.9. The van der Waals surface area contributed by atoms with E-state index in [1.54, 1.807) is 50.2 Å². The fourth-order valence-corrected chi connectivity index (χ4v) is 8.14. The monoisotopic (exact) mass is 694 g/mol. The van der Waals surface area contributed by atoms with Gasteiger partial charge in [-0.3, -0.25) is 0 Å². The van der Waals surface area contributed by atoms with Crippen LogP contribution < -0.4 is 4.18 Å². The fraction of sp³-hybridized carbons (Fsp3) is 0.143. The van der Waals surface area contributed by atoms with Crippen molar-refractivity contribution in [3.05, 3.63) is 82.1 Å². The third-order valence-corrected chi connectivity index (χ3v) is 10.4. The second kappa shape index (κ2) is 7.76. The summed E-state index contributed by atoms with van der Waals surface area (Å²) in [5.41, 5.74) is 2.31. The van der Waals surface area contributed by atoms with Gasteiger partial charge in [-0.2, -0.15) is 8.42 Å². The largest absolute Gasteiger partial charge is 0.506 e. The summed E-state index contributed by atoms with van der Waals surface area (Å²) in [5, 5.41) is 20.8. The van der Waals surface area contributed by atoms with Gasteiger partial charge in [-0.25, -0.2) is 0 Å². The van der Waals surface area contributed by atoms with Crippen LogP contribution >= 0.6 is 63.7 Å². The van der Waals surface area contributed by atoms with E-state index in [0.717, 1.165) is 0 Å². The maximum atomic E-state index is 13.9. The van der Waals surface area contributed by atoms with Gasteiger partial charge in [-0.05, 0) is 118 Å². The molecule has 5 nitrogen and oxygen atoms in total. The van der Waals surface area contributed by atoms with Crippen molar-refractivity contribution < 1.29 is 22.8 Å². The Labute approximate surface area is 213 Å². The Bertz CT molecular complexity index is 1310. The van der Waals surface area contributed by atoms with E-state index < -0.39 is 14.9 Å². The lowest BCUT2D eigenvalue weighted by Gasteiger charge is -2.32. The summed E-state index contributed by atoms with van der Waals surface area (Å²) in [4.78, 5) is 0. The second-order valence-electron chi connectivity index (χ2n) is 7.10. The molecule has 0 spiro atoms. The molecule has 0 fully saturated rings. The molecular weight excluding hydrogens is 684 g/mol. The van der Waals surface area contributed by atoms with E-state index in [1.165, 1.54) is 0 Å². The van der Waals surface area contributed by atoms with Crippen LogP contribution in [0.3, 0.4) is 0 Å². The van der Waals surface area contributed by atoms with Gasteiger partial charge in [0.2, 0.25) is 0 Å². The molecule has 10 heteroatoms. The van der Waals surface area contributed by atoms with Crippen LogP contribution in [0.5, 0.6) is 17.2 Å². The van der Waals surface area contributed by atoms with Crippen molar-refractivity contribution in [2.75, 3.05) is 0 Å². The summed E-state index contributed by atoms with van der Waals surface area (Å²) in [6.07, 6.45) is 0. The molecule has 162 valence electrons. The fourth-order valence-electron chi connectivity index (χ4n) is 3.99. The topological polar surface area (TPSA) is 83.8 Å². The molecule has 31 heavy (non-hydrogen) atoms. The molecule has 2 N–H and O–H groups in total. The van der Waals surface area contributed by atoms with E-state index in [4.69, 9.17) is 4.18 Å². The lowest BCUT2D eigenvalue weighted by molar-refractivity contribution is 0.465. The van der Waals surface area contributed by atoms with Gasteiger partial charge in [0, 0.05) is 5.56 Å².